The van der Waals surface area contributed by atoms with Gasteiger partial charge in [0.05, 0.1) is 17.9 Å². The number of anilines is 1. The first-order chi connectivity index (χ1) is 16.2. The summed E-state index contributed by atoms with van der Waals surface area (Å²) in [6, 6.07) is 4.20. The van der Waals surface area contributed by atoms with Gasteiger partial charge >= 0.3 is 0 Å². The molecule has 4 N–H and O–H groups in total. The molecule has 0 saturated heterocycles. The fourth-order valence-corrected chi connectivity index (χ4v) is 5.59. The van der Waals surface area contributed by atoms with Gasteiger partial charge in [0.2, 0.25) is 11.8 Å². The van der Waals surface area contributed by atoms with E-state index >= 15 is 4.39 Å². The molecule has 2 heterocycles. The highest BCUT2D eigenvalue weighted by molar-refractivity contribution is 8.15. The number of ether oxygens (including phenoxy) is 1. The lowest BCUT2D eigenvalue weighted by atomic mass is 9.85. The van der Waals surface area contributed by atoms with Crippen LogP contribution in [0.3, 0.4) is 0 Å². The number of amidine groups is 1. The quantitative estimate of drug-likeness (QED) is 0.515. The number of thioether (sulfide) groups is 1. The van der Waals surface area contributed by atoms with Gasteiger partial charge in [0.1, 0.15) is 16.3 Å². The molecule has 2 aromatic rings. The van der Waals surface area contributed by atoms with E-state index in [2.05, 4.69) is 31.5 Å². The Morgan fingerprint density at radius 1 is 1.38 bits per heavy atom. The topological polar surface area (TPSA) is 132 Å². The summed E-state index contributed by atoms with van der Waals surface area (Å²) in [5.41, 5.74) is 5.63. The number of carbonyl (C=O) groups excluding carboxylic acids is 2. The molecule has 1 aromatic heterocycles. The van der Waals surface area contributed by atoms with Crippen molar-refractivity contribution in [2.24, 2.45) is 16.6 Å². The zero-order valence-electron chi connectivity index (χ0n) is 18.6. The third-order valence-corrected chi connectivity index (χ3v) is 7.17. The molecule has 1 aliphatic carbocycles. The number of amides is 2. The maximum atomic E-state index is 15.0. The van der Waals surface area contributed by atoms with Gasteiger partial charge in [-0.1, -0.05) is 17.7 Å². The van der Waals surface area contributed by atoms with Crippen molar-refractivity contribution in [3.8, 4) is 18.2 Å². The number of fused-ring (bicyclic) bond motifs is 1. The number of rotatable bonds is 7. The van der Waals surface area contributed by atoms with Gasteiger partial charge in [-0.15, -0.1) is 6.42 Å². The molecule has 2 amide bonds. The Balaban J connectivity index is 1.58. The van der Waals surface area contributed by atoms with E-state index in [4.69, 9.17) is 16.9 Å². The molecule has 1 aliphatic heterocycles. The third-order valence-electron chi connectivity index (χ3n) is 5.87. The smallest absolute Gasteiger partial charge is 0.275 e. The number of halogens is 1. The zero-order chi connectivity index (χ0) is 24.5. The van der Waals surface area contributed by atoms with E-state index in [9.17, 15) is 9.59 Å². The maximum Gasteiger partial charge on any atom is 0.275 e. The third kappa shape index (κ3) is 4.17. The van der Waals surface area contributed by atoms with Crippen molar-refractivity contribution >= 4 is 34.4 Å². The number of nitrogens with one attached hydrogen (secondary N) is 2. The number of carbonyl (C=O) groups is 2. The average Bonchev–Trinajstić information content (AvgIpc) is 3.56. The van der Waals surface area contributed by atoms with Crippen LogP contribution in [0.1, 0.15) is 36.3 Å². The summed E-state index contributed by atoms with van der Waals surface area (Å²) in [6.45, 7) is 4.11. The molecule has 176 valence electrons. The Kier molecular flexibility index (Phi) is 6.18. The van der Waals surface area contributed by atoms with E-state index in [1.54, 1.807) is 6.92 Å². The molecule has 1 saturated carbocycles. The average molecular weight is 483 g/mol. The summed E-state index contributed by atoms with van der Waals surface area (Å²) >= 11 is 1.22. The first kappa shape index (κ1) is 23.5. The number of aliphatic imine (C=N–C) groups is 1. The summed E-state index contributed by atoms with van der Waals surface area (Å²) < 4.78 is 19.4. The minimum atomic E-state index is -1.07. The number of hydrogen-bond donors (Lipinski definition) is 3. The number of benzene rings is 1. The van der Waals surface area contributed by atoms with Crippen LogP contribution in [0.25, 0.3) is 0 Å². The number of terminal acetylenes is 1. The number of nitrogens with two attached hydrogens (primary N) is 1. The SMILES string of the molecule is C#CCOc1cnc(C(=O)Nc2ccc(F)c([C@@]3(C)N=C(N)S[C@@]4(C(=O)NCC)C[C@H]43)c2)cn1. The predicted molar refractivity (Wildman–Crippen MR) is 127 cm³/mol. The van der Waals surface area contributed by atoms with Crippen molar-refractivity contribution in [3.05, 3.63) is 47.7 Å². The predicted octanol–water partition coefficient (Wildman–Crippen LogP) is 2.05. The van der Waals surface area contributed by atoms with Crippen molar-refractivity contribution in [1.29, 1.82) is 0 Å². The van der Waals surface area contributed by atoms with Gasteiger partial charge < -0.3 is 21.1 Å². The molecular formula is C23H23FN6O3S. The molecular weight excluding hydrogens is 459 g/mol. The minimum Gasteiger partial charge on any atom is -0.463 e. The summed E-state index contributed by atoms with van der Waals surface area (Å²) in [6.07, 6.45) is 8.19. The highest BCUT2D eigenvalue weighted by Crippen LogP contribution is 2.66. The molecule has 9 nitrogen and oxygen atoms in total. The Labute approximate surface area is 200 Å². The molecule has 0 bridgehead atoms. The van der Waals surface area contributed by atoms with Crippen molar-refractivity contribution in [2.45, 2.75) is 30.6 Å². The second kappa shape index (κ2) is 8.95. The van der Waals surface area contributed by atoms with Gasteiger partial charge in [-0.3, -0.25) is 14.6 Å². The normalized spacial score (nSPS) is 24.8. The number of aromatic nitrogens is 2. The minimum absolute atomic E-state index is 0.0330. The van der Waals surface area contributed by atoms with Crippen LogP contribution in [0.15, 0.2) is 35.6 Å². The Morgan fingerprint density at radius 3 is 2.85 bits per heavy atom. The molecule has 0 spiro atoms. The Bertz CT molecular complexity index is 1210. The van der Waals surface area contributed by atoms with Crippen LogP contribution < -0.4 is 21.1 Å². The van der Waals surface area contributed by atoms with Crippen LogP contribution in [0.5, 0.6) is 5.88 Å². The van der Waals surface area contributed by atoms with Crippen LogP contribution in [0.4, 0.5) is 10.1 Å². The molecule has 3 atom stereocenters. The molecule has 2 aliphatic rings. The van der Waals surface area contributed by atoms with Crippen LogP contribution >= 0.6 is 11.8 Å². The Hall–Kier alpha value is -3.65. The highest BCUT2D eigenvalue weighted by atomic mass is 32.2. The molecule has 4 rings (SSSR count). The highest BCUT2D eigenvalue weighted by Gasteiger charge is 2.70. The zero-order valence-corrected chi connectivity index (χ0v) is 19.4. The lowest BCUT2D eigenvalue weighted by molar-refractivity contribution is -0.121. The van der Waals surface area contributed by atoms with E-state index in [1.807, 2.05) is 6.92 Å². The van der Waals surface area contributed by atoms with Gasteiger partial charge in [-0.05, 0) is 38.5 Å². The summed E-state index contributed by atoms with van der Waals surface area (Å²) in [4.78, 5) is 37.9. The fourth-order valence-electron chi connectivity index (χ4n) is 4.19. The number of nitrogens with zero attached hydrogens (tertiary/aromatic N) is 3. The first-order valence-corrected chi connectivity index (χ1v) is 11.4. The van der Waals surface area contributed by atoms with Crippen molar-refractivity contribution < 1.29 is 18.7 Å². The lowest BCUT2D eigenvalue weighted by Crippen LogP contribution is -2.44. The standard InChI is InChI=1S/C23H23FN6O3S/c1-4-8-33-18-12-27-16(11-28-18)19(31)29-13-6-7-15(24)14(9-13)22(3)17-10-23(17,20(32)26-5-2)34-21(25)30-22/h1,6-7,9,11-12,17H,5,8,10H2,2-3H3,(H2,25,30)(H,26,32)(H,29,31)/t17-,22+,23-/m0/s1. The monoisotopic (exact) mass is 482 g/mol. The van der Waals surface area contributed by atoms with E-state index in [0.29, 0.717) is 18.7 Å². The van der Waals surface area contributed by atoms with Crippen molar-refractivity contribution in [2.75, 3.05) is 18.5 Å². The maximum absolute atomic E-state index is 15.0. The van der Waals surface area contributed by atoms with Crippen LogP contribution in [-0.2, 0) is 10.3 Å². The fraction of sp³-hybridized carbons (Fsp3) is 0.348. The van der Waals surface area contributed by atoms with Gasteiger partial charge in [-0.2, -0.15) is 0 Å². The summed E-state index contributed by atoms with van der Waals surface area (Å²) in [7, 11) is 0. The van der Waals surface area contributed by atoms with Gasteiger partial charge in [0.15, 0.2) is 11.8 Å². The number of hydrogen-bond acceptors (Lipinski definition) is 8. The first-order valence-electron chi connectivity index (χ1n) is 10.6. The van der Waals surface area contributed by atoms with Crippen LogP contribution in [0, 0.1) is 24.1 Å². The summed E-state index contributed by atoms with van der Waals surface area (Å²) in [5.74, 6) is 1.08. The molecule has 1 fully saturated rings. The Morgan fingerprint density at radius 2 is 2.18 bits per heavy atom. The van der Waals surface area contributed by atoms with E-state index in [-0.39, 0.29) is 40.7 Å². The lowest BCUT2D eigenvalue weighted by Gasteiger charge is -2.33. The van der Waals surface area contributed by atoms with Gasteiger partial charge in [-0.25, -0.2) is 14.4 Å². The second-order valence-corrected chi connectivity index (χ2v) is 9.44. The molecule has 1 aromatic carbocycles. The van der Waals surface area contributed by atoms with Gasteiger partial charge in [0.25, 0.3) is 5.91 Å². The van der Waals surface area contributed by atoms with Crippen LogP contribution in [0.2, 0.25) is 0 Å². The van der Waals surface area contributed by atoms with Gasteiger partial charge in [0, 0.05) is 23.7 Å². The van der Waals surface area contributed by atoms with E-state index in [1.165, 1.54) is 42.4 Å². The van der Waals surface area contributed by atoms with E-state index < -0.39 is 22.0 Å². The second-order valence-electron chi connectivity index (χ2n) is 8.09. The van der Waals surface area contributed by atoms with Crippen molar-refractivity contribution in [1.82, 2.24) is 15.3 Å². The van der Waals surface area contributed by atoms with E-state index in [0.717, 1.165) is 0 Å². The van der Waals surface area contributed by atoms with Crippen molar-refractivity contribution in [3.63, 3.8) is 0 Å². The van der Waals surface area contributed by atoms with Crippen LogP contribution in [-0.4, -0.2) is 44.8 Å². The molecule has 0 radical (unpaired) electrons. The summed E-state index contributed by atoms with van der Waals surface area (Å²) in [5, 5.41) is 5.75. The molecule has 0 unspecified atom stereocenters. The largest absolute Gasteiger partial charge is 0.463 e. The molecule has 11 heteroatoms. The molecule has 34 heavy (non-hydrogen) atoms.